The van der Waals surface area contributed by atoms with Crippen molar-refractivity contribution in [1.82, 2.24) is 5.32 Å². The fourth-order valence-corrected chi connectivity index (χ4v) is 1.51. The summed E-state index contributed by atoms with van der Waals surface area (Å²) in [5.74, 6) is 1.21. The van der Waals surface area contributed by atoms with E-state index in [1.54, 1.807) is 0 Å². The molecule has 1 N–H and O–H groups in total. The van der Waals surface area contributed by atoms with Gasteiger partial charge in [0.25, 0.3) is 0 Å². The minimum atomic E-state index is -0.00304. The third-order valence-corrected chi connectivity index (χ3v) is 2.48. The van der Waals surface area contributed by atoms with E-state index in [-0.39, 0.29) is 12.5 Å². The van der Waals surface area contributed by atoms with Crippen LogP contribution in [0.15, 0.2) is 0 Å². The first-order valence-electron chi connectivity index (χ1n) is 5.14. The van der Waals surface area contributed by atoms with Crippen LogP contribution >= 0.6 is 11.8 Å². The Kier molecular flexibility index (Phi) is 10.7. The van der Waals surface area contributed by atoms with Gasteiger partial charge in [-0.2, -0.15) is 11.8 Å². The van der Waals surface area contributed by atoms with Gasteiger partial charge in [0.1, 0.15) is 6.61 Å². The van der Waals surface area contributed by atoms with Crippen LogP contribution in [0, 0.1) is 0 Å². The third-order valence-electron chi connectivity index (χ3n) is 1.78. The van der Waals surface area contributed by atoms with Gasteiger partial charge in [-0.15, -0.1) is 0 Å². The van der Waals surface area contributed by atoms with Gasteiger partial charge >= 0.3 is 0 Å². The van der Waals surface area contributed by atoms with Crippen molar-refractivity contribution in [2.45, 2.75) is 26.2 Å². The van der Waals surface area contributed by atoms with E-state index < -0.39 is 0 Å². The lowest BCUT2D eigenvalue weighted by molar-refractivity contribution is -0.125. The van der Waals surface area contributed by atoms with Gasteiger partial charge in [-0.25, -0.2) is 0 Å². The van der Waals surface area contributed by atoms with E-state index in [1.165, 1.54) is 18.6 Å². The van der Waals surface area contributed by atoms with Crippen LogP contribution in [-0.2, 0) is 9.53 Å². The number of ether oxygens (including phenoxy) is 1. The van der Waals surface area contributed by atoms with Crippen LogP contribution in [0.2, 0.25) is 0 Å². The Morgan fingerprint density at radius 2 is 2.14 bits per heavy atom. The SMILES string of the molecule is CCOCC(=O)NCCCCCSC. The highest BCUT2D eigenvalue weighted by Gasteiger charge is 1.98. The first-order valence-corrected chi connectivity index (χ1v) is 6.54. The molecule has 0 atom stereocenters. The van der Waals surface area contributed by atoms with Gasteiger partial charge in [0.2, 0.25) is 5.91 Å². The molecular formula is C10H21NO2S. The number of amides is 1. The molecule has 3 nitrogen and oxygen atoms in total. The smallest absolute Gasteiger partial charge is 0.245 e. The molecule has 0 saturated heterocycles. The largest absolute Gasteiger partial charge is 0.372 e. The number of carbonyl (C=O) groups excluding carboxylic acids is 1. The van der Waals surface area contributed by atoms with Crippen molar-refractivity contribution in [2.75, 3.05) is 31.8 Å². The zero-order valence-corrected chi connectivity index (χ0v) is 9.99. The average Bonchev–Trinajstić information content (AvgIpc) is 2.20. The summed E-state index contributed by atoms with van der Waals surface area (Å²) in [6.45, 7) is 3.46. The topological polar surface area (TPSA) is 38.3 Å². The minimum absolute atomic E-state index is 0.00304. The molecule has 0 aromatic carbocycles. The van der Waals surface area contributed by atoms with Crippen molar-refractivity contribution >= 4 is 17.7 Å². The van der Waals surface area contributed by atoms with Gasteiger partial charge in [-0.05, 0) is 31.8 Å². The van der Waals surface area contributed by atoms with Gasteiger partial charge in [0.05, 0.1) is 0 Å². The fourth-order valence-electron chi connectivity index (χ4n) is 1.02. The summed E-state index contributed by atoms with van der Waals surface area (Å²) in [7, 11) is 0. The highest BCUT2D eigenvalue weighted by Crippen LogP contribution is 2.00. The summed E-state index contributed by atoms with van der Waals surface area (Å²) in [5, 5.41) is 2.82. The maximum absolute atomic E-state index is 11.1. The molecule has 0 aliphatic rings. The van der Waals surface area contributed by atoms with Crippen LogP contribution in [0.25, 0.3) is 0 Å². The van der Waals surface area contributed by atoms with E-state index in [2.05, 4.69) is 11.6 Å². The molecule has 0 bridgehead atoms. The van der Waals surface area contributed by atoms with Crippen molar-refractivity contribution in [3.63, 3.8) is 0 Å². The standard InChI is InChI=1S/C10H21NO2S/c1-3-13-9-10(12)11-7-5-4-6-8-14-2/h3-9H2,1-2H3,(H,11,12). The number of unbranched alkanes of at least 4 members (excludes halogenated alkanes) is 2. The van der Waals surface area contributed by atoms with Crippen molar-refractivity contribution in [2.24, 2.45) is 0 Å². The second kappa shape index (κ2) is 10.9. The average molecular weight is 219 g/mol. The Balaban J connectivity index is 3.07. The highest BCUT2D eigenvalue weighted by atomic mass is 32.2. The predicted octanol–water partition coefficient (Wildman–Crippen LogP) is 1.67. The molecular weight excluding hydrogens is 198 g/mol. The van der Waals surface area contributed by atoms with Gasteiger partial charge in [0.15, 0.2) is 0 Å². The molecule has 0 radical (unpaired) electrons. The number of hydrogen-bond donors (Lipinski definition) is 1. The molecule has 14 heavy (non-hydrogen) atoms. The van der Waals surface area contributed by atoms with Crippen LogP contribution in [0.3, 0.4) is 0 Å². The molecule has 0 fully saturated rings. The summed E-state index contributed by atoms with van der Waals surface area (Å²) in [6.07, 6.45) is 5.61. The van der Waals surface area contributed by atoms with E-state index in [0.29, 0.717) is 6.61 Å². The lowest BCUT2D eigenvalue weighted by atomic mass is 10.2. The number of rotatable bonds is 9. The van der Waals surface area contributed by atoms with E-state index in [1.807, 2.05) is 18.7 Å². The summed E-state index contributed by atoms with van der Waals surface area (Å²) >= 11 is 1.87. The van der Waals surface area contributed by atoms with Crippen LogP contribution in [0.4, 0.5) is 0 Å². The van der Waals surface area contributed by atoms with E-state index in [9.17, 15) is 4.79 Å². The number of hydrogen-bond acceptors (Lipinski definition) is 3. The molecule has 84 valence electrons. The molecule has 0 spiro atoms. The van der Waals surface area contributed by atoms with E-state index >= 15 is 0 Å². The first-order chi connectivity index (χ1) is 6.81. The molecule has 0 unspecified atom stereocenters. The highest BCUT2D eigenvalue weighted by molar-refractivity contribution is 7.98. The van der Waals surface area contributed by atoms with Crippen molar-refractivity contribution in [1.29, 1.82) is 0 Å². The second-order valence-corrected chi connectivity index (χ2v) is 4.03. The Morgan fingerprint density at radius 3 is 2.79 bits per heavy atom. The maximum atomic E-state index is 11.1. The van der Waals surface area contributed by atoms with Crippen molar-refractivity contribution < 1.29 is 9.53 Å². The molecule has 0 heterocycles. The molecule has 1 amide bonds. The Hall–Kier alpha value is -0.220. The number of carbonyl (C=O) groups is 1. The van der Waals surface area contributed by atoms with E-state index in [4.69, 9.17) is 4.74 Å². The summed E-state index contributed by atoms with van der Waals surface area (Å²) < 4.78 is 4.98. The normalized spacial score (nSPS) is 10.1. The lowest BCUT2D eigenvalue weighted by Crippen LogP contribution is -2.28. The fraction of sp³-hybridized carbons (Fsp3) is 0.900. The van der Waals surface area contributed by atoms with Gasteiger partial charge in [-0.1, -0.05) is 6.42 Å². The number of thioether (sulfide) groups is 1. The van der Waals surface area contributed by atoms with Crippen LogP contribution in [0.5, 0.6) is 0 Å². The van der Waals surface area contributed by atoms with Crippen LogP contribution < -0.4 is 5.32 Å². The Bertz CT molecular complexity index is 142. The third kappa shape index (κ3) is 9.86. The summed E-state index contributed by atoms with van der Waals surface area (Å²) in [5.41, 5.74) is 0. The molecule has 0 aromatic heterocycles. The molecule has 0 aliphatic carbocycles. The quantitative estimate of drug-likeness (QED) is 0.600. The molecule has 0 rings (SSSR count). The molecule has 0 aliphatic heterocycles. The van der Waals surface area contributed by atoms with Crippen LogP contribution in [-0.4, -0.2) is 37.7 Å². The minimum Gasteiger partial charge on any atom is -0.372 e. The van der Waals surface area contributed by atoms with Crippen molar-refractivity contribution in [3.05, 3.63) is 0 Å². The van der Waals surface area contributed by atoms with Crippen LogP contribution in [0.1, 0.15) is 26.2 Å². The number of nitrogens with one attached hydrogen (secondary N) is 1. The summed E-state index contributed by atoms with van der Waals surface area (Å²) in [4.78, 5) is 11.1. The predicted molar refractivity (Wildman–Crippen MR) is 61.7 cm³/mol. The van der Waals surface area contributed by atoms with Gasteiger partial charge < -0.3 is 10.1 Å². The van der Waals surface area contributed by atoms with Crippen molar-refractivity contribution in [3.8, 4) is 0 Å². The molecule has 0 aromatic rings. The first kappa shape index (κ1) is 13.8. The Labute approximate surface area is 91.0 Å². The lowest BCUT2D eigenvalue weighted by Gasteiger charge is -2.04. The van der Waals surface area contributed by atoms with Gasteiger partial charge in [-0.3, -0.25) is 4.79 Å². The van der Waals surface area contributed by atoms with E-state index in [0.717, 1.165) is 13.0 Å². The maximum Gasteiger partial charge on any atom is 0.245 e. The van der Waals surface area contributed by atoms with Gasteiger partial charge in [0, 0.05) is 13.2 Å². The zero-order valence-electron chi connectivity index (χ0n) is 9.17. The second-order valence-electron chi connectivity index (χ2n) is 3.04. The molecule has 4 heteroatoms. The summed E-state index contributed by atoms with van der Waals surface area (Å²) in [6, 6.07) is 0. The Morgan fingerprint density at radius 1 is 1.36 bits per heavy atom. The monoisotopic (exact) mass is 219 g/mol. The molecule has 0 saturated carbocycles. The zero-order chi connectivity index (χ0) is 10.6.